The highest BCUT2D eigenvalue weighted by molar-refractivity contribution is 7.98. The third kappa shape index (κ3) is 1.26. The number of aliphatic imine (C=N–C) groups is 1. The second-order valence-corrected chi connectivity index (χ2v) is 5.70. The Kier molecular flexibility index (Phi) is 1.95. The van der Waals surface area contributed by atoms with Crippen LogP contribution in [0.4, 0.5) is 5.69 Å². The molecule has 2 unspecified atom stereocenters. The molecule has 2 nitrogen and oxygen atoms in total. The molecule has 1 aromatic rings. The number of fused-ring (bicyclic) bond motifs is 6. The van der Waals surface area contributed by atoms with Crippen LogP contribution in [-0.4, -0.2) is 23.0 Å². The molecule has 0 radical (unpaired) electrons. The lowest BCUT2D eigenvalue weighted by molar-refractivity contribution is 0.375. The number of amidine groups is 1. The quantitative estimate of drug-likeness (QED) is 0.555. The number of thioether (sulfide) groups is 1. The van der Waals surface area contributed by atoms with Crippen LogP contribution >= 0.6 is 11.8 Å². The van der Waals surface area contributed by atoms with Crippen LogP contribution in [0.5, 0.6) is 0 Å². The maximum atomic E-state index is 4.88. The Balaban J connectivity index is 1.86. The lowest BCUT2D eigenvalue weighted by Gasteiger charge is -2.32. The molecule has 2 atom stereocenters. The molecule has 2 heterocycles. The Morgan fingerprint density at radius 2 is 2.29 bits per heavy atom. The molecule has 1 aliphatic carbocycles. The van der Waals surface area contributed by atoms with Crippen molar-refractivity contribution < 1.29 is 0 Å². The fourth-order valence-electron chi connectivity index (χ4n) is 3.13. The van der Waals surface area contributed by atoms with E-state index in [4.69, 9.17) is 4.99 Å². The Hall–Kier alpha value is -1.22. The molecule has 0 saturated carbocycles. The number of nitrogens with zero attached hydrogens (tertiary/aromatic N) is 2. The van der Waals surface area contributed by atoms with Gasteiger partial charge >= 0.3 is 0 Å². The molecule has 1 fully saturated rings. The van der Waals surface area contributed by atoms with Crippen molar-refractivity contribution in [3.63, 3.8) is 0 Å². The molecule has 0 N–H and O–H groups in total. The van der Waals surface area contributed by atoms with E-state index < -0.39 is 0 Å². The Labute approximate surface area is 105 Å². The molecule has 4 rings (SSSR count). The van der Waals surface area contributed by atoms with E-state index in [-0.39, 0.29) is 0 Å². The van der Waals surface area contributed by atoms with Crippen molar-refractivity contribution in [2.75, 3.05) is 6.26 Å². The number of hydrogen-bond donors (Lipinski definition) is 0. The van der Waals surface area contributed by atoms with Gasteiger partial charge in [0, 0.05) is 29.0 Å². The fraction of sp³-hybridized carbons (Fsp3) is 0.357. The summed E-state index contributed by atoms with van der Waals surface area (Å²) in [5, 5.41) is 0. The molecule has 2 bridgehead atoms. The summed E-state index contributed by atoms with van der Waals surface area (Å²) in [6, 6.07) is 7.07. The highest BCUT2D eigenvalue weighted by atomic mass is 32.2. The fourth-order valence-corrected chi connectivity index (χ4v) is 3.76. The molecule has 3 heteroatoms. The third-order valence-electron chi connectivity index (χ3n) is 3.98. The summed E-state index contributed by atoms with van der Waals surface area (Å²) >= 11 is 1.82. The van der Waals surface area contributed by atoms with Gasteiger partial charge in [0.15, 0.2) is 0 Å². The summed E-state index contributed by atoms with van der Waals surface area (Å²) in [5.74, 6) is 1.87. The molecule has 86 valence electrons. The summed E-state index contributed by atoms with van der Waals surface area (Å²) in [7, 11) is 0. The Morgan fingerprint density at radius 3 is 3.18 bits per heavy atom. The summed E-state index contributed by atoms with van der Waals surface area (Å²) in [6.07, 6.45) is 8.05. The van der Waals surface area contributed by atoms with Gasteiger partial charge in [-0.25, -0.2) is 4.99 Å². The van der Waals surface area contributed by atoms with Gasteiger partial charge in [0.05, 0.1) is 5.69 Å². The van der Waals surface area contributed by atoms with E-state index in [1.54, 1.807) is 0 Å². The van der Waals surface area contributed by atoms with Gasteiger partial charge in [-0.15, -0.1) is 11.8 Å². The van der Waals surface area contributed by atoms with E-state index in [9.17, 15) is 0 Å². The average molecular weight is 242 g/mol. The van der Waals surface area contributed by atoms with Crippen molar-refractivity contribution in [3.05, 3.63) is 35.9 Å². The van der Waals surface area contributed by atoms with E-state index >= 15 is 0 Å². The molecular weight excluding hydrogens is 228 g/mol. The summed E-state index contributed by atoms with van der Waals surface area (Å²) in [6.45, 7) is 1.04. The van der Waals surface area contributed by atoms with Crippen LogP contribution in [0.2, 0.25) is 0 Å². The number of hydrogen-bond acceptors (Lipinski definition) is 3. The average Bonchev–Trinajstić information content (AvgIpc) is 2.97. The van der Waals surface area contributed by atoms with Crippen LogP contribution in [0.3, 0.4) is 0 Å². The molecule has 0 aromatic heterocycles. The predicted octanol–water partition coefficient (Wildman–Crippen LogP) is 3.21. The highest BCUT2D eigenvalue weighted by Gasteiger charge is 2.41. The van der Waals surface area contributed by atoms with Gasteiger partial charge in [0.2, 0.25) is 0 Å². The Morgan fingerprint density at radius 1 is 1.35 bits per heavy atom. The molecular formula is C14H14N2S. The zero-order chi connectivity index (χ0) is 11.4. The van der Waals surface area contributed by atoms with Crippen molar-refractivity contribution in [2.24, 2.45) is 10.9 Å². The van der Waals surface area contributed by atoms with E-state index in [1.165, 1.54) is 28.4 Å². The van der Waals surface area contributed by atoms with E-state index in [0.717, 1.165) is 6.54 Å². The van der Waals surface area contributed by atoms with Crippen LogP contribution < -0.4 is 0 Å². The lowest BCUT2D eigenvalue weighted by atomic mass is 10.1. The van der Waals surface area contributed by atoms with E-state index in [2.05, 4.69) is 41.5 Å². The van der Waals surface area contributed by atoms with Crippen molar-refractivity contribution in [1.29, 1.82) is 0 Å². The first kappa shape index (κ1) is 9.77. The maximum absolute atomic E-state index is 4.88. The molecule has 0 amide bonds. The molecule has 1 aromatic carbocycles. The largest absolute Gasteiger partial charge is 0.349 e. The molecule has 1 saturated heterocycles. The highest BCUT2D eigenvalue weighted by Crippen LogP contribution is 2.42. The lowest BCUT2D eigenvalue weighted by Crippen LogP contribution is -2.36. The summed E-state index contributed by atoms with van der Waals surface area (Å²) in [5.41, 5.74) is 2.59. The van der Waals surface area contributed by atoms with Gasteiger partial charge in [0.25, 0.3) is 0 Å². The van der Waals surface area contributed by atoms with Crippen molar-refractivity contribution in [2.45, 2.75) is 23.9 Å². The van der Waals surface area contributed by atoms with Crippen LogP contribution in [0.1, 0.15) is 12.0 Å². The minimum absolute atomic E-state index is 0.575. The van der Waals surface area contributed by atoms with Crippen LogP contribution in [0.25, 0.3) is 0 Å². The van der Waals surface area contributed by atoms with Gasteiger partial charge in [-0.1, -0.05) is 18.2 Å². The topological polar surface area (TPSA) is 15.6 Å². The summed E-state index contributed by atoms with van der Waals surface area (Å²) < 4.78 is 0. The SMILES string of the molecule is CSc1cccc2c1CN1C(=N2)C2C=CC1C2. The minimum atomic E-state index is 0.575. The first-order valence-corrected chi connectivity index (χ1v) is 7.29. The predicted molar refractivity (Wildman–Crippen MR) is 71.9 cm³/mol. The minimum Gasteiger partial charge on any atom is -0.349 e. The van der Waals surface area contributed by atoms with Gasteiger partial charge in [-0.3, -0.25) is 0 Å². The second kappa shape index (κ2) is 3.39. The van der Waals surface area contributed by atoms with E-state index in [0.29, 0.717) is 12.0 Å². The van der Waals surface area contributed by atoms with Crippen LogP contribution in [0.15, 0.2) is 40.2 Å². The van der Waals surface area contributed by atoms with Gasteiger partial charge in [-0.2, -0.15) is 0 Å². The van der Waals surface area contributed by atoms with Gasteiger partial charge in [0.1, 0.15) is 5.84 Å². The normalized spacial score (nSPS) is 28.1. The van der Waals surface area contributed by atoms with Gasteiger partial charge < -0.3 is 4.90 Å². The van der Waals surface area contributed by atoms with Crippen molar-refractivity contribution >= 4 is 23.3 Å². The molecule has 3 aliphatic rings. The first-order valence-electron chi connectivity index (χ1n) is 6.06. The van der Waals surface area contributed by atoms with Crippen LogP contribution in [-0.2, 0) is 6.54 Å². The second-order valence-electron chi connectivity index (χ2n) is 4.85. The first-order chi connectivity index (χ1) is 8.36. The zero-order valence-corrected chi connectivity index (χ0v) is 10.6. The molecule has 2 aliphatic heterocycles. The van der Waals surface area contributed by atoms with Crippen molar-refractivity contribution in [1.82, 2.24) is 4.90 Å². The zero-order valence-electron chi connectivity index (χ0n) is 9.76. The number of benzene rings is 1. The standard InChI is InChI=1S/C14H14N2S/c1-17-13-4-2-3-12-11(13)8-16-10-6-5-9(7-10)14(16)15-12/h2-6,9-10H,7-8H2,1H3. The van der Waals surface area contributed by atoms with Gasteiger partial charge in [-0.05, 0) is 24.8 Å². The molecule has 0 spiro atoms. The Bertz CT molecular complexity index is 547. The third-order valence-corrected chi connectivity index (χ3v) is 4.80. The van der Waals surface area contributed by atoms with E-state index in [1.807, 2.05) is 11.8 Å². The summed E-state index contributed by atoms with van der Waals surface area (Å²) in [4.78, 5) is 8.73. The smallest absolute Gasteiger partial charge is 0.113 e. The maximum Gasteiger partial charge on any atom is 0.113 e. The monoisotopic (exact) mass is 242 g/mol. The molecule has 17 heavy (non-hydrogen) atoms. The van der Waals surface area contributed by atoms with Crippen molar-refractivity contribution in [3.8, 4) is 0 Å². The number of rotatable bonds is 1. The van der Waals surface area contributed by atoms with Crippen LogP contribution in [0, 0.1) is 5.92 Å².